The van der Waals surface area contributed by atoms with Gasteiger partial charge in [0.25, 0.3) is 0 Å². The van der Waals surface area contributed by atoms with Crippen LogP contribution in [0.2, 0.25) is 0 Å². The summed E-state index contributed by atoms with van der Waals surface area (Å²) in [5, 5.41) is 8.94. The third-order valence-corrected chi connectivity index (χ3v) is 4.20. The van der Waals surface area contributed by atoms with Gasteiger partial charge in [-0.3, -0.25) is 4.79 Å². The van der Waals surface area contributed by atoms with Crippen LogP contribution in [0.4, 0.5) is 0 Å². The summed E-state index contributed by atoms with van der Waals surface area (Å²) >= 11 is 0. The van der Waals surface area contributed by atoms with E-state index in [-0.39, 0.29) is 36.0 Å². The van der Waals surface area contributed by atoms with Crippen LogP contribution in [0.3, 0.4) is 0 Å². The first kappa shape index (κ1) is 28.1. The van der Waals surface area contributed by atoms with Gasteiger partial charge in [-0.1, -0.05) is 70.4 Å². The van der Waals surface area contributed by atoms with E-state index in [4.69, 9.17) is 5.11 Å². The van der Waals surface area contributed by atoms with E-state index in [2.05, 4.69) is 23.8 Å². The summed E-state index contributed by atoms with van der Waals surface area (Å²) in [5.41, 5.74) is 0. The Labute approximate surface area is 182 Å². The van der Waals surface area contributed by atoms with E-state index in [9.17, 15) is 9.59 Å². The number of aliphatic hydroxyl groups is 1. The number of carbonyl (C=O) groups is 2. The molecule has 0 heterocycles. The topological polar surface area (TPSA) is 63.6 Å². The molecule has 148 valence electrons. The fourth-order valence-corrected chi connectivity index (χ4v) is 2.59. The Hall–Kier alpha value is -0.160. The van der Waals surface area contributed by atoms with E-state index in [1.165, 1.54) is 64.7 Å². The van der Waals surface area contributed by atoms with Gasteiger partial charge >= 0.3 is 41.5 Å². The summed E-state index contributed by atoms with van der Waals surface area (Å²) in [7, 11) is 0. The third-order valence-electron chi connectivity index (χ3n) is 4.20. The Morgan fingerprint density at radius 1 is 0.846 bits per heavy atom. The molecule has 26 heavy (non-hydrogen) atoms. The fourth-order valence-electron chi connectivity index (χ4n) is 2.59. The molecule has 0 saturated carbocycles. The second-order valence-corrected chi connectivity index (χ2v) is 6.80. The van der Waals surface area contributed by atoms with E-state index >= 15 is 0 Å². The number of aliphatic hydroxyl groups excluding tert-OH is 1. The van der Waals surface area contributed by atoms with Gasteiger partial charge in [-0.05, 0) is 39.0 Å². The van der Waals surface area contributed by atoms with Crippen LogP contribution in [0.1, 0.15) is 104 Å². The zero-order valence-electron chi connectivity index (χ0n) is 16.3. The van der Waals surface area contributed by atoms with Crippen LogP contribution in [0.15, 0.2) is 12.2 Å². The van der Waals surface area contributed by atoms with Gasteiger partial charge in [-0.25, -0.2) is 4.79 Å². The Morgan fingerprint density at radius 2 is 1.31 bits per heavy atom. The number of unbranched alkanes of at least 4 members (excludes halogenated alkanes) is 11. The Morgan fingerprint density at radius 3 is 1.81 bits per heavy atom. The molecular weight excluding hydrogens is 339 g/mol. The molecule has 1 unspecified atom stereocenters. The van der Waals surface area contributed by atoms with Crippen LogP contribution in [-0.4, -0.2) is 52.7 Å². The minimum absolute atomic E-state index is 0. The van der Waals surface area contributed by atoms with Crippen molar-refractivity contribution in [2.45, 2.75) is 110 Å². The molecule has 0 spiro atoms. The summed E-state index contributed by atoms with van der Waals surface area (Å²) in [5.74, 6) is -1.40. The molecule has 5 heteroatoms. The fraction of sp³-hybridized carbons (Fsp3) is 0.810. The number of carbonyl (C=O) groups excluding carboxylic acids is 2. The van der Waals surface area contributed by atoms with Crippen molar-refractivity contribution in [2.24, 2.45) is 0 Å². The van der Waals surface area contributed by atoms with Crippen LogP contribution in [0.5, 0.6) is 0 Å². The predicted molar refractivity (Wildman–Crippen MR) is 109 cm³/mol. The van der Waals surface area contributed by atoms with Crippen molar-refractivity contribution in [3.05, 3.63) is 12.2 Å². The number of allylic oxidation sites excluding steroid dienone is 2. The Bertz CT molecular complexity index is 367. The van der Waals surface area contributed by atoms with E-state index in [1.54, 1.807) is 0 Å². The van der Waals surface area contributed by atoms with Gasteiger partial charge in [0.1, 0.15) is 6.10 Å². The summed E-state index contributed by atoms with van der Waals surface area (Å²) < 4.78 is 4.49. The molecule has 0 aliphatic heterocycles. The van der Waals surface area contributed by atoms with E-state index in [0.717, 1.165) is 25.7 Å². The van der Waals surface area contributed by atoms with Gasteiger partial charge in [0.05, 0.1) is 0 Å². The quantitative estimate of drug-likeness (QED) is 0.137. The molecule has 0 radical (unpaired) electrons. The van der Waals surface area contributed by atoms with Crippen molar-refractivity contribution in [2.75, 3.05) is 0 Å². The SMILES string of the molecule is CCCCCCCC/C=C\CCCCCCCC(=O)OC(=O)C(C)O.[NaH]. The first-order chi connectivity index (χ1) is 12.1. The predicted octanol–water partition coefficient (Wildman–Crippen LogP) is 4.83. The van der Waals surface area contributed by atoms with Crippen molar-refractivity contribution in [1.29, 1.82) is 0 Å². The van der Waals surface area contributed by atoms with Crippen molar-refractivity contribution >= 4 is 41.5 Å². The van der Waals surface area contributed by atoms with Crippen LogP contribution >= 0.6 is 0 Å². The van der Waals surface area contributed by atoms with E-state index in [0.29, 0.717) is 0 Å². The maximum absolute atomic E-state index is 11.3. The number of ether oxygens (including phenoxy) is 1. The second-order valence-electron chi connectivity index (χ2n) is 6.80. The van der Waals surface area contributed by atoms with Gasteiger partial charge < -0.3 is 9.84 Å². The average Bonchev–Trinajstić information content (AvgIpc) is 2.58. The molecule has 0 aromatic rings. The van der Waals surface area contributed by atoms with E-state index < -0.39 is 18.0 Å². The molecule has 0 aromatic carbocycles. The minimum atomic E-state index is -1.24. The number of rotatable bonds is 16. The molecule has 0 aliphatic carbocycles. The van der Waals surface area contributed by atoms with Crippen LogP contribution < -0.4 is 0 Å². The molecule has 1 N–H and O–H groups in total. The molecular formula is C21H39NaO4. The van der Waals surface area contributed by atoms with Crippen LogP contribution in [0.25, 0.3) is 0 Å². The molecule has 4 nitrogen and oxygen atoms in total. The van der Waals surface area contributed by atoms with Crippen molar-refractivity contribution in [1.82, 2.24) is 0 Å². The molecule has 0 rings (SSSR count). The maximum atomic E-state index is 11.3. The molecule has 0 bridgehead atoms. The Balaban J connectivity index is 0. The van der Waals surface area contributed by atoms with Gasteiger partial charge in [0.2, 0.25) is 0 Å². The number of esters is 2. The molecule has 0 saturated heterocycles. The van der Waals surface area contributed by atoms with Crippen LogP contribution in [-0.2, 0) is 14.3 Å². The van der Waals surface area contributed by atoms with Gasteiger partial charge in [-0.2, -0.15) is 0 Å². The second kappa shape index (κ2) is 21.1. The number of hydrogen-bond donors (Lipinski definition) is 1. The van der Waals surface area contributed by atoms with E-state index in [1.807, 2.05) is 0 Å². The van der Waals surface area contributed by atoms with Crippen molar-refractivity contribution < 1.29 is 19.4 Å². The van der Waals surface area contributed by atoms with Gasteiger partial charge in [0, 0.05) is 6.42 Å². The normalized spacial score (nSPS) is 12.0. The molecule has 0 amide bonds. The van der Waals surface area contributed by atoms with Crippen molar-refractivity contribution in [3.63, 3.8) is 0 Å². The summed E-state index contributed by atoms with van der Waals surface area (Å²) in [6.45, 7) is 3.54. The summed E-state index contributed by atoms with van der Waals surface area (Å²) in [6.07, 6.45) is 19.3. The number of hydrogen-bond acceptors (Lipinski definition) is 4. The molecule has 0 fully saturated rings. The third kappa shape index (κ3) is 20.2. The zero-order valence-corrected chi connectivity index (χ0v) is 16.3. The summed E-state index contributed by atoms with van der Waals surface area (Å²) in [4.78, 5) is 22.3. The van der Waals surface area contributed by atoms with Crippen LogP contribution in [0, 0.1) is 0 Å². The average molecular weight is 379 g/mol. The Kier molecular flexibility index (Phi) is 22.8. The molecule has 0 aliphatic rings. The molecule has 0 aromatic heterocycles. The van der Waals surface area contributed by atoms with Gasteiger partial charge in [0.15, 0.2) is 0 Å². The standard InChI is InChI=1S/C21H38O4.Na.H/c1-3-4-5-6-7-8-9-10-11-12-13-14-15-16-17-18-20(23)25-21(24)19(2)22;;/h10-11,19,22H,3-9,12-18H2,1-2H3;;/b11-10-;;. The zero-order chi connectivity index (χ0) is 18.8. The monoisotopic (exact) mass is 378 g/mol. The molecule has 1 atom stereocenters. The first-order valence-electron chi connectivity index (χ1n) is 10.2. The first-order valence-corrected chi connectivity index (χ1v) is 10.2. The van der Waals surface area contributed by atoms with Gasteiger partial charge in [-0.15, -0.1) is 0 Å². The van der Waals surface area contributed by atoms with Crippen molar-refractivity contribution in [3.8, 4) is 0 Å². The summed E-state index contributed by atoms with van der Waals surface area (Å²) in [6, 6.07) is 0.